The van der Waals surface area contributed by atoms with Gasteiger partial charge in [0.05, 0.1) is 10.5 Å². The molecular formula is C18H16N2O4S. The maximum atomic E-state index is 12.4. The first-order valence-corrected chi connectivity index (χ1v) is 9.01. The molecule has 25 heavy (non-hydrogen) atoms. The average Bonchev–Trinajstić information content (AvgIpc) is 2.60. The van der Waals surface area contributed by atoms with Crippen molar-refractivity contribution in [2.45, 2.75) is 11.4 Å². The molecular weight excluding hydrogens is 340 g/mol. The SMILES string of the molecule is NS(=O)(=O)c1cccc(CNC(=O)c2ccc3ccccc3c2O)c1. The van der Waals surface area contributed by atoms with Gasteiger partial charge in [0.25, 0.3) is 5.91 Å². The smallest absolute Gasteiger partial charge is 0.255 e. The average molecular weight is 356 g/mol. The number of fused-ring (bicyclic) bond motifs is 1. The van der Waals surface area contributed by atoms with E-state index in [-0.39, 0.29) is 22.8 Å². The van der Waals surface area contributed by atoms with Crippen molar-refractivity contribution >= 4 is 26.7 Å². The van der Waals surface area contributed by atoms with Gasteiger partial charge in [-0.15, -0.1) is 0 Å². The fourth-order valence-corrected chi connectivity index (χ4v) is 3.13. The summed E-state index contributed by atoms with van der Waals surface area (Å²) in [7, 11) is -3.80. The Kier molecular flexibility index (Phi) is 4.43. The Labute approximate surface area is 145 Å². The summed E-state index contributed by atoms with van der Waals surface area (Å²) in [5.41, 5.74) is 0.737. The summed E-state index contributed by atoms with van der Waals surface area (Å²) >= 11 is 0. The van der Waals surface area contributed by atoms with Crippen molar-refractivity contribution in [2.24, 2.45) is 5.14 Å². The molecule has 0 atom stereocenters. The number of phenolic OH excluding ortho intramolecular Hbond substituents is 1. The summed E-state index contributed by atoms with van der Waals surface area (Å²) in [6, 6.07) is 16.5. The molecule has 0 heterocycles. The maximum Gasteiger partial charge on any atom is 0.255 e. The first kappa shape index (κ1) is 16.9. The monoisotopic (exact) mass is 356 g/mol. The molecule has 4 N–H and O–H groups in total. The Morgan fingerprint density at radius 3 is 2.56 bits per heavy atom. The Morgan fingerprint density at radius 2 is 1.80 bits per heavy atom. The van der Waals surface area contributed by atoms with Crippen LogP contribution in [0.2, 0.25) is 0 Å². The molecule has 128 valence electrons. The number of sulfonamides is 1. The van der Waals surface area contributed by atoms with Crippen LogP contribution in [0.5, 0.6) is 5.75 Å². The van der Waals surface area contributed by atoms with Gasteiger partial charge in [-0.25, -0.2) is 13.6 Å². The fourth-order valence-electron chi connectivity index (χ4n) is 2.55. The predicted octanol–water partition coefficient (Wildman–Crippen LogP) is 2.12. The second-order valence-corrected chi connectivity index (χ2v) is 7.12. The van der Waals surface area contributed by atoms with E-state index in [1.807, 2.05) is 12.1 Å². The van der Waals surface area contributed by atoms with Crippen LogP contribution >= 0.6 is 0 Å². The molecule has 0 aliphatic heterocycles. The first-order chi connectivity index (χ1) is 11.9. The predicted molar refractivity (Wildman–Crippen MR) is 94.6 cm³/mol. The van der Waals surface area contributed by atoms with Gasteiger partial charge in [0.2, 0.25) is 10.0 Å². The normalized spacial score (nSPS) is 11.4. The number of nitrogens with one attached hydrogen (secondary N) is 1. The number of primary sulfonamides is 1. The summed E-state index contributed by atoms with van der Waals surface area (Å²) in [6.45, 7) is 0.106. The Morgan fingerprint density at radius 1 is 1.04 bits per heavy atom. The minimum Gasteiger partial charge on any atom is -0.506 e. The van der Waals surface area contributed by atoms with E-state index < -0.39 is 15.9 Å². The van der Waals surface area contributed by atoms with E-state index in [1.165, 1.54) is 12.1 Å². The highest BCUT2D eigenvalue weighted by atomic mass is 32.2. The van der Waals surface area contributed by atoms with Crippen molar-refractivity contribution in [3.05, 3.63) is 71.8 Å². The molecule has 0 aliphatic carbocycles. The van der Waals surface area contributed by atoms with Gasteiger partial charge in [0.1, 0.15) is 5.75 Å². The zero-order valence-electron chi connectivity index (χ0n) is 13.1. The zero-order valence-corrected chi connectivity index (χ0v) is 14.0. The van der Waals surface area contributed by atoms with Gasteiger partial charge in [0, 0.05) is 11.9 Å². The molecule has 0 aliphatic rings. The van der Waals surface area contributed by atoms with Crippen molar-refractivity contribution in [3.63, 3.8) is 0 Å². The van der Waals surface area contributed by atoms with Crippen LogP contribution in [0.3, 0.4) is 0 Å². The highest BCUT2D eigenvalue weighted by Gasteiger charge is 2.14. The van der Waals surface area contributed by atoms with Crippen LogP contribution in [-0.4, -0.2) is 19.4 Å². The molecule has 0 bridgehead atoms. The van der Waals surface area contributed by atoms with Gasteiger partial charge < -0.3 is 10.4 Å². The number of amides is 1. The highest BCUT2D eigenvalue weighted by Crippen LogP contribution is 2.28. The van der Waals surface area contributed by atoms with Gasteiger partial charge >= 0.3 is 0 Å². The van der Waals surface area contributed by atoms with Gasteiger partial charge in [-0.2, -0.15) is 0 Å². The standard InChI is InChI=1S/C18H16N2O4S/c19-25(23,24)14-6-3-4-12(10-14)11-20-18(22)16-9-8-13-5-1-2-7-15(13)17(16)21/h1-10,21H,11H2,(H,20,22)(H2,19,23,24). The maximum absolute atomic E-state index is 12.4. The minimum atomic E-state index is -3.80. The molecule has 1 amide bonds. The van der Waals surface area contributed by atoms with E-state index >= 15 is 0 Å². The number of phenols is 1. The quantitative estimate of drug-likeness (QED) is 0.665. The topological polar surface area (TPSA) is 109 Å². The first-order valence-electron chi connectivity index (χ1n) is 7.47. The van der Waals surface area contributed by atoms with Gasteiger partial charge in [-0.3, -0.25) is 4.79 Å². The third kappa shape index (κ3) is 3.62. The second kappa shape index (κ2) is 6.54. The number of hydrogen-bond acceptors (Lipinski definition) is 4. The van der Waals surface area contributed by atoms with E-state index in [9.17, 15) is 18.3 Å². The Bertz CT molecular complexity index is 1060. The van der Waals surface area contributed by atoms with E-state index in [4.69, 9.17) is 5.14 Å². The molecule has 7 heteroatoms. The van der Waals surface area contributed by atoms with Crippen molar-refractivity contribution in [1.82, 2.24) is 5.32 Å². The number of nitrogens with two attached hydrogens (primary N) is 1. The summed E-state index contributed by atoms with van der Waals surface area (Å²) in [5, 5.41) is 19.5. The third-order valence-electron chi connectivity index (χ3n) is 3.83. The molecule has 0 fully saturated rings. The number of carbonyl (C=O) groups excluding carboxylic acids is 1. The molecule has 3 rings (SSSR count). The largest absolute Gasteiger partial charge is 0.506 e. The van der Waals surface area contributed by atoms with Crippen LogP contribution in [0.25, 0.3) is 10.8 Å². The van der Waals surface area contributed by atoms with Gasteiger partial charge in [-0.05, 0) is 29.1 Å². The van der Waals surface area contributed by atoms with Crippen molar-refractivity contribution in [3.8, 4) is 5.75 Å². The van der Waals surface area contributed by atoms with Crippen LogP contribution < -0.4 is 10.5 Å². The molecule has 6 nitrogen and oxygen atoms in total. The molecule has 3 aromatic rings. The molecule has 0 saturated carbocycles. The lowest BCUT2D eigenvalue weighted by Crippen LogP contribution is -2.23. The molecule has 0 spiro atoms. The highest BCUT2D eigenvalue weighted by molar-refractivity contribution is 7.89. The van der Waals surface area contributed by atoms with Crippen molar-refractivity contribution in [2.75, 3.05) is 0 Å². The second-order valence-electron chi connectivity index (χ2n) is 5.56. The molecule has 3 aromatic carbocycles. The molecule has 0 aromatic heterocycles. The minimum absolute atomic E-state index is 0.0206. The van der Waals surface area contributed by atoms with Gasteiger partial charge in [-0.1, -0.05) is 42.5 Å². The number of rotatable bonds is 4. The molecule has 0 unspecified atom stereocenters. The van der Waals surface area contributed by atoms with Crippen molar-refractivity contribution < 1.29 is 18.3 Å². The Balaban J connectivity index is 1.81. The summed E-state index contributed by atoms with van der Waals surface area (Å²) in [4.78, 5) is 12.3. The van der Waals surface area contributed by atoms with Crippen LogP contribution in [0.1, 0.15) is 15.9 Å². The number of hydrogen-bond donors (Lipinski definition) is 3. The number of carbonyl (C=O) groups is 1. The van der Waals surface area contributed by atoms with Crippen LogP contribution in [-0.2, 0) is 16.6 Å². The van der Waals surface area contributed by atoms with Crippen LogP contribution in [0, 0.1) is 0 Å². The summed E-state index contributed by atoms with van der Waals surface area (Å²) in [5.74, 6) is -0.543. The van der Waals surface area contributed by atoms with E-state index in [2.05, 4.69) is 5.32 Å². The van der Waals surface area contributed by atoms with Crippen LogP contribution in [0.4, 0.5) is 0 Å². The molecule has 0 saturated heterocycles. The van der Waals surface area contributed by atoms with Crippen molar-refractivity contribution in [1.29, 1.82) is 0 Å². The number of benzene rings is 3. The lowest BCUT2D eigenvalue weighted by atomic mass is 10.0. The number of aromatic hydroxyl groups is 1. The Hall–Kier alpha value is -2.90. The third-order valence-corrected chi connectivity index (χ3v) is 4.74. The fraction of sp³-hybridized carbons (Fsp3) is 0.0556. The van der Waals surface area contributed by atoms with E-state index in [1.54, 1.807) is 36.4 Å². The van der Waals surface area contributed by atoms with Crippen LogP contribution in [0.15, 0.2) is 65.6 Å². The van der Waals surface area contributed by atoms with Gasteiger partial charge in [0.15, 0.2) is 0 Å². The summed E-state index contributed by atoms with van der Waals surface area (Å²) in [6.07, 6.45) is 0. The van der Waals surface area contributed by atoms with E-state index in [0.717, 1.165) is 5.39 Å². The lowest BCUT2D eigenvalue weighted by Gasteiger charge is -2.10. The lowest BCUT2D eigenvalue weighted by molar-refractivity contribution is 0.0948. The molecule has 0 radical (unpaired) electrons. The van der Waals surface area contributed by atoms with E-state index in [0.29, 0.717) is 10.9 Å². The zero-order chi connectivity index (χ0) is 18.0. The summed E-state index contributed by atoms with van der Waals surface area (Å²) < 4.78 is 22.7.